The van der Waals surface area contributed by atoms with Crippen molar-refractivity contribution < 1.29 is 0 Å². The summed E-state index contributed by atoms with van der Waals surface area (Å²) in [6.07, 6.45) is 17.8. The van der Waals surface area contributed by atoms with Crippen LogP contribution in [0.5, 0.6) is 0 Å². The lowest BCUT2D eigenvalue weighted by Crippen LogP contribution is -2.14. The molecule has 2 N–H and O–H groups in total. The van der Waals surface area contributed by atoms with E-state index in [-0.39, 0.29) is 0 Å². The lowest BCUT2D eigenvalue weighted by molar-refractivity contribution is 0.613. The summed E-state index contributed by atoms with van der Waals surface area (Å²) >= 11 is 0. The van der Waals surface area contributed by atoms with E-state index in [0.29, 0.717) is 23.5 Å². The van der Waals surface area contributed by atoms with E-state index >= 15 is 0 Å². The summed E-state index contributed by atoms with van der Waals surface area (Å²) in [5, 5.41) is 3.47. The van der Waals surface area contributed by atoms with Gasteiger partial charge in [0.25, 0.3) is 0 Å². The van der Waals surface area contributed by atoms with Crippen LogP contribution in [0.2, 0.25) is 0 Å². The Bertz CT molecular complexity index is 1470. The Hall–Kier alpha value is -3.78. The van der Waals surface area contributed by atoms with Gasteiger partial charge in [0.1, 0.15) is 11.5 Å². The fraction of sp³-hybridized carbons (Fsp3) is 0.357. The van der Waals surface area contributed by atoms with Crippen molar-refractivity contribution in [3.8, 4) is 22.8 Å². The van der Waals surface area contributed by atoms with Crippen molar-refractivity contribution in [1.29, 1.82) is 0 Å². The third kappa shape index (κ3) is 4.01. The van der Waals surface area contributed by atoms with Crippen molar-refractivity contribution in [3.63, 3.8) is 0 Å². The molecule has 1 aliphatic carbocycles. The molecule has 180 valence electrons. The van der Waals surface area contributed by atoms with Gasteiger partial charge in [0.15, 0.2) is 5.82 Å². The number of H-pyrrole nitrogens is 1. The van der Waals surface area contributed by atoms with Gasteiger partial charge in [-0.2, -0.15) is 0 Å². The van der Waals surface area contributed by atoms with E-state index in [1.54, 1.807) is 6.20 Å². The molecule has 5 heterocycles. The van der Waals surface area contributed by atoms with Crippen molar-refractivity contribution in [1.82, 2.24) is 35.2 Å². The van der Waals surface area contributed by atoms with Crippen LogP contribution < -0.4 is 5.32 Å². The number of fused-ring (bicyclic) bond motifs is 1. The topological polar surface area (TPSA) is 105 Å². The number of aromatic nitrogens is 6. The number of nitrogens with zero attached hydrogens (tertiary/aromatic N) is 6. The number of imidazole rings is 1. The van der Waals surface area contributed by atoms with Crippen LogP contribution >= 0.6 is 0 Å². The van der Waals surface area contributed by atoms with Gasteiger partial charge < -0.3 is 10.3 Å². The largest absolute Gasteiger partial charge is 0.341 e. The van der Waals surface area contributed by atoms with Crippen molar-refractivity contribution in [2.24, 2.45) is 10.9 Å². The first-order chi connectivity index (χ1) is 17.8. The average molecular weight is 477 g/mol. The van der Waals surface area contributed by atoms with Gasteiger partial charge in [-0.05, 0) is 61.4 Å². The van der Waals surface area contributed by atoms with Crippen molar-refractivity contribution in [3.05, 3.63) is 60.6 Å². The Morgan fingerprint density at radius 2 is 1.69 bits per heavy atom. The first-order valence-electron chi connectivity index (χ1n) is 12.9. The molecule has 3 aliphatic rings. The second-order valence-corrected chi connectivity index (χ2v) is 10.0. The molecule has 0 radical (unpaired) electrons. The van der Waals surface area contributed by atoms with Gasteiger partial charge in [0, 0.05) is 36.3 Å². The van der Waals surface area contributed by atoms with Crippen molar-refractivity contribution in [2.45, 2.75) is 51.0 Å². The highest BCUT2D eigenvalue weighted by Gasteiger charge is 2.24. The SMILES string of the molecule is C1=C(c2ccc3nc(-c4ncc(-c5cnc([C@@H]6CCCN6)[nH]5)cn4)cnc3c2)CC(C2CCCC2)=N1. The summed E-state index contributed by atoms with van der Waals surface area (Å²) < 4.78 is 0. The second-order valence-electron chi connectivity index (χ2n) is 10.0. The van der Waals surface area contributed by atoms with E-state index in [2.05, 4.69) is 42.4 Å². The maximum absolute atomic E-state index is 4.79. The first-order valence-corrected chi connectivity index (χ1v) is 12.9. The number of aliphatic imine (C=N–C) groups is 1. The number of allylic oxidation sites excluding steroid dienone is 1. The highest BCUT2D eigenvalue weighted by molar-refractivity contribution is 6.00. The highest BCUT2D eigenvalue weighted by atomic mass is 15.0. The molecule has 1 atom stereocenters. The number of hydrogen-bond acceptors (Lipinski definition) is 7. The lowest BCUT2D eigenvalue weighted by Gasteiger charge is -2.10. The molecule has 8 heteroatoms. The van der Waals surface area contributed by atoms with E-state index in [1.807, 2.05) is 30.9 Å². The molecule has 2 fully saturated rings. The van der Waals surface area contributed by atoms with Gasteiger partial charge in [-0.15, -0.1) is 0 Å². The fourth-order valence-electron chi connectivity index (χ4n) is 5.63. The Morgan fingerprint density at radius 3 is 2.53 bits per heavy atom. The number of aromatic amines is 1. The molecule has 0 amide bonds. The fourth-order valence-corrected chi connectivity index (χ4v) is 5.63. The smallest absolute Gasteiger partial charge is 0.179 e. The zero-order valence-corrected chi connectivity index (χ0v) is 20.1. The van der Waals surface area contributed by atoms with Crippen LogP contribution in [0.4, 0.5) is 0 Å². The molecule has 0 unspecified atom stereocenters. The maximum Gasteiger partial charge on any atom is 0.179 e. The Morgan fingerprint density at radius 1 is 0.806 bits per heavy atom. The third-order valence-corrected chi connectivity index (χ3v) is 7.68. The standard InChI is InChI=1S/C28H28N8/c1-2-5-17(4-1)23-11-19(12-30-23)18-7-8-21-24(10-18)31-16-26(35-21)27-32-13-20(14-33-27)25-15-34-28(36-25)22-6-3-9-29-22/h7-8,10,12-17,22,29H,1-6,9,11H2,(H,34,36)/t22-/m0/s1. The Kier molecular flexibility index (Phi) is 5.39. The van der Waals surface area contributed by atoms with Gasteiger partial charge in [-0.25, -0.2) is 19.9 Å². The minimum Gasteiger partial charge on any atom is -0.341 e. The molecule has 8 nitrogen and oxygen atoms in total. The van der Waals surface area contributed by atoms with Crippen LogP contribution in [0.15, 0.2) is 54.2 Å². The summed E-state index contributed by atoms with van der Waals surface area (Å²) in [5.74, 6) is 2.20. The molecule has 1 saturated heterocycles. The zero-order valence-electron chi connectivity index (χ0n) is 20.1. The highest BCUT2D eigenvalue weighted by Crippen LogP contribution is 2.34. The van der Waals surface area contributed by atoms with E-state index in [4.69, 9.17) is 9.98 Å². The predicted molar refractivity (Wildman–Crippen MR) is 140 cm³/mol. The van der Waals surface area contributed by atoms with Crippen LogP contribution in [0.1, 0.15) is 62.4 Å². The average Bonchev–Trinajstić information content (AvgIpc) is 3.75. The summed E-state index contributed by atoms with van der Waals surface area (Å²) in [6.45, 7) is 1.04. The zero-order chi connectivity index (χ0) is 23.9. The van der Waals surface area contributed by atoms with Crippen LogP contribution in [-0.2, 0) is 0 Å². The minimum absolute atomic E-state index is 0.305. The first kappa shape index (κ1) is 21.5. The summed E-state index contributed by atoms with van der Waals surface area (Å²) in [6, 6.07) is 6.58. The predicted octanol–water partition coefficient (Wildman–Crippen LogP) is 5.28. The number of rotatable bonds is 5. The molecule has 4 aromatic rings. The molecular formula is C28H28N8. The van der Waals surface area contributed by atoms with Crippen molar-refractivity contribution in [2.75, 3.05) is 6.54 Å². The van der Waals surface area contributed by atoms with Crippen molar-refractivity contribution >= 4 is 22.3 Å². The number of nitrogens with one attached hydrogen (secondary N) is 2. The van der Waals surface area contributed by atoms with Gasteiger partial charge in [-0.1, -0.05) is 18.9 Å². The van der Waals surface area contributed by atoms with E-state index in [0.717, 1.165) is 47.5 Å². The third-order valence-electron chi connectivity index (χ3n) is 7.68. The van der Waals surface area contributed by atoms with Crippen LogP contribution in [0, 0.1) is 5.92 Å². The van der Waals surface area contributed by atoms with E-state index < -0.39 is 0 Å². The van der Waals surface area contributed by atoms with E-state index in [1.165, 1.54) is 49.0 Å². The Labute approximate surface area is 209 Å². The lowest BCUT2D eigenvalue weighted by atomic mass is 9.94. The van der Waals surface area contributed by atoms with E-state index in [9.17, 15) is 0 Å². The number of hydrogen-bond donors (Lipinski definition) is 2. The quantitative estimate of drug-likeness (QED) is 0.406. The summed E-state index contributed by atoms with van der Waals surface area (Å²) in [5.41, 5.74) is 7.99. The normalized spacial score (nSPS) is 20.3. The van der Waals surface area contributed by atoms with Crippen LogP contribution in [0.25, 0.3) is 39.4 Å². The molecule has 7 rings (SSSR count). The molecule has 1 saturated carbocycles. The molecule has 3 aromatic heterocycles. The Balaban J connectivity index is 1.08. The molecule has 1 aromatic carbocycles. The number of benzene rings is 1. The van der Waals surface area contributed by atoms with Crippen LogP contribution in [-0.4, -0.2) is 42.2 Å². The van der Waals surface area contributed by atoms with Gasteiger partial charge in [0.05, 0.1) is 35.2 Å². The van der Waals surface area contributed by atoms with Gasteiger partial charge in [-0.3, -0.25) is 9.98 Å². The molecule has 0 spiro atoms. The monoisotopic (exact) mass is 476 g/mol. The summed E-state index contributed by atoms with van der Waals surface area (Å²) in [7, 11) is 0. The van der Waals surface area contributed by atoms with Crippen LogP contribution in [0.3, 0.4) is 0 Å². The van der Waals surface area contributed by atoms with Gasteiger partial charge in [0.2, 0.25) is 0 Å². The minimum atomic E-state index is 0.305. The maximum atomic E-state index is 4.79. The second kappa shape index (κ2) is 9.02. The van der Waals surface area contributed by atoms with Gasteiger partial charge >= 0.3 is 0 Å². The summed E-state index contributed by atoms with van der Waals surface area (Å²) in [4.78, 5) is 31.3. The molecular weight excluding hydrogens is 448 g/mol. The molecule has 2 aliphatic heterocycles. The molecule has 0 bridgehead atoms. The molecule has 36 heavy (non-hydrogen) atoms.